The molecule has 10 nitrogen and oxygen atoms in total. The summed E-state index contributed by atoms with van der Waals surface area (Å²) in [5.74, 6) is -1.48. The molecule has 4 rings (SSSR count). The van der Waals surface area contributed by atoms with Gasteiger partial charge in [-0.05, 0) is 60.6 Å². The Balaban J connectivity index is 1.49. The van der Waals surface area contributed by atoms with Gasteiger partial charge in [-0.15, -0.1) is 0 Å². The smallest absolute Gasteiger partial charge is 0.335 e. The molecular weight excluding hydrogens is 476 g/mol. The van der Waals surface area contributed by atoms with Crippen molar-refractivity contribution in [3.8, 4) is 11.3 Å². The summed E-state index contributed by atoms with van der Waals surface area (Å²) in [6, 6.07) is 12.8. The Morgan fingerprint density at radius 2 is 1.77 bits per heavy atom. The van der Waals surface area contributed by atoms with Gasteiger partial charge in [0.05, 0.1) is 21.9 Å². The van der Waals surface area contributed by atoms with Gasteiger partial charge in [0, 0.05) is 29.3 Å². The number of hydrogen-bond donors (Lipinski definition) is 1. The van der Waals surface area contributed by atoms with Crippen LogP contribution >= 0.6 is 11.8 Å². The third-order valence-corrected chi connectivity index (χ3v) is 6.12. The molecule has 2 amide bonds. The van der Waals surface area contributed by atoms with Crippen LogP contribution in [0.3, 0.4) is 0 Å². The highest BCUT2D eigenvalue weighted by Gasteiger charge is 2.36. The lowest BCUT2D eigenvalue weighted by Crippen LogP contribution is -2.33. The molecule has 0 saturated carbocycles. The van der Waals surface area contributed by atoms with Crippen LogP contribution in [0.15, 0.2) is 63.9 Å². The number of carbonyl (C=O) groups is 4. The zero-order valence-corrected chi connectivity index (χ0v) is 18.9. The summed E-state index contributed by atoms with van der Waals surface area (Å²) in [5.41, 5.74) is 1.47. The van der Waals surface area contributed by atoms with E-state index in [2.05, 4.69) is 0 Å². The Kier molecular flexibility index (Phi) is 6.34. The first-order valence-corrected chi connectivity index (χ1v) is 10.9. The van der Waals surface area contributed by atoms with Gasteiger partial charge in [0.15, 0.2) is 5.78 Å². The lowest BCUT2D eigenvalue weighted by Gasteiger charge is -2.11. The molecule has 1 aliphatic heterocycles. The van der Waals surface area contributed by atoms with Crippen molar-refractivity contribution in [3.63, 3.8) is 0 Å². The molecule has 1 aliphatic rings. The molecule has 1 N–H and O–H groups in total. The van der Waals surface area contributed by atoms with Crippen LogP contribution < -0.4 is 0 Å². The molecular formula is C24H16N2O8S. The Bertz CT molecular complexity index is 1420. The summed E-state index contributed by atoms with van der Waals surface area (Å²) in [4.78, 5) is 59.8. The van der Waals surface area contributed by atoms with E-state index in [0.29, 0.717) is 34.4 Å². The van der Waals surface area contributed by atoms with E-state index in [1.54, 1.807) is 25.1 Å². The van der Waals surface area contributed by atoms with E-state index < -0.39 is 34.4 Å². The highest BCUT2D eigenvalue weighted by Crippen LogP contribution is 2.34. The number of hydrogen-bond acceptors (Lipinski definition) is 8. The van der Waals surface area contributed by atoms with Crippen molar-refractivity contribution in [1.82, 2.24) is 4.90 Å². The van der Waals surface area contributed by atoms with Crippen molar-refractivity contribution in [2.45, 2.75) is 6.92 Å². The summed E-state index contributed by atoms with van der Waals surface area (Å²) >= 11 is 0.665. The van der Waals surface area contributed by atoms with Gasteiger partial charge in [-0.3, -0.25) is 29.4 Å². The predicted octanol–water partition coefficient (Wildman–Crippen LogP) is 4.78. The maximum Gasteiger partial charge on any atom is 0.335 e. The van der Waals surface area contributed by atoms with Crippen LogP contribution in [0.25, 0.3) is 17.4 Å². The molecule has 0 aliphatic carbocycles. The highest BCUT2D eigenvalue weighted by atomic mass is 32.2. The molecule has 11 heteroatoms. The number of carbonyl (C=O) groups excluding carboxylic acids is 3. The minimum absolute atomic E-state index is 0.0744. The predicted molar refractivity (Wildman–Crippen MR) is 126 cm³/mol. The van der Waals surface area contributed by atoms with Gasteiger partial charge < -0.3 is 9.52 Å². The lowest BCUT2D eigenvalue weighted by atomic mass is 10.0. The number of thioether (sulfide) groups is 1. The second-order valence-electron chi connectivity index (χ2n) is 7.53. The average molecular weight is 492 g/mol. The number of nitro groups is 1. The molecule has 1 fully saturated rings. The van der Waals surface area contributed by atoms with Crippen molar-refractivity contribution >= 4 is 46.4 Å². The number of carboxylic acids is 1. The van der Waals surface area contributed by atoms with E-state index in [4.69, 9.17) is 9.52 Å². The van der Waals surface area contributed by atoms with E-state index in [-0.39, 0.29) is 21.7 Å². The summed E-state index contributed by atoms with van der Waals surface area (Å²) in [6.45, 7) is 1.25. The normalized spacial score (nSPS) is 14.5. The molecule has 176 valence electrons. The number of nitro benzene ring substituents is 1. The fraction of sp³-hybridized carbons (Fsp3) is 0.0833. The van der Waals surface area contributed by atoms with Gasteiger partial charge in [-0.2, -0.15) is 0 Å². The zero-order chi connectivity index (χ0) is 25.3. The summed E-state index contributed by atoms with van der Waals surface area (Å²) in [6.07, 6.45) is 1.39. The second kappa shape index (κ2) is 9.39. The molecule has 35 heavy (non-hydrogen) atoms. The summed E-state index contributed by atoms with van der Waals surface area (Å²) < 4.78 is 5.77. The molecule has 3 aromatic rings. The topological polar surface area (TPSA) is 148 Å². The molecule has 1 saturated heterocycles. The van der Waals surface area contributed by atoms with Gasteiger partial charge >= 0.3 is 5.97 Å². The number of carboxylic acid groups (broad SMARTS) is 1. The van der Waals surface area contributed by atoms with E-state index in [1.165, 1.54) is 42.5 Å². The third-order valence-electron chi connectivity index (χ3n) is 5.21. The SMILES string of the molecule is Cc1cc(C(=O)O)ccc1-c1ccc(C=C2SC(=O)N(CC(=O)c3ccc([N+](=O)[O-])cc3)C2=O)o1. The number of nitrogens with zero attached hydrogens (tertiary/aromatic N) is 2. The van der Waals surface area contributed by atoms with Crippen molar-refractivity contribution in [1.29, 1.82) is 0 Å². The van der Waals surface area contributed by atoms with Crippen LogP contribution in [0.5, 0.6) is 0 Å². The molecule has 0 spiro atoms. The van der Waals surface area contributed by atoms with Gasteiger partial charge in [-0.25, -0.2) is 4.79 Å². The summed E-state index contributed by atoms with van der Waals surface area (Å²) in [7, 11) is 0. The number of non-ortho nitro benzene ring substituents is 1. The number of benzene rings is 2. The average Bonchev–Trinajstić information content (AvgIpc) is 3.39. The number of aromatic carboxylic acids is 1. The first-order chi connectivity index (χ1) is 16.6. The molecule has 1 aromatic heterocycles. The van der Waals surface area contributed by atoms with Crippen LogP contribution in [0.1, 0.15) is 32.0 Å². The maximum atomic E-state index is 12.7. The van der Waals surface area contributed by atoms with Gasteiger partial charge in [-0.1, -0.05) is 6.07 Å². The van der Waals surface area contributed by atoms with E-state index in [0.717, 1.165) is 4.90 Å². The third kappa shape index (κ3) is 4.89. The standard InChI is InChI=1S/C24H16N2O8S/c1-13-10-15(23(29)30)4-8-18(13)20-9-7-17(34-20)11-21-22(28)25(24(31)35-21)12-19(27)14-2-5-16(6-3-14)26(32)33/h2-11H,12H2,1H3,(H,29,30). The van der Waals surface area contributed by atoms with Crippen molar-refractivity contribution < 1.29 is 33.6 Å². The van der Waals surface area contributed by atoms with Gasteiger partial charge in [0.25, 0.3) is 16.8 Å². The Hall–Kier alpha value is -4.51. The monoisotopic (exact) mass is 492 g/mol. The van der Waals surface area contributed by atoms with Crippen molar-refractivity contribution in [2.75, 3.05) is 6.54 Å². The minimum atomic E-state index is -1.04. The van der Waals surface area contributed by atoms with E-state index in [1.807, 2.05) is 0 Å². The van der Waals surface area contributed by atoms with Gasteiger partial charge in [0.1, 0.15) is 11.5 Å². The first-order valence-electron chi connectivity index (χ1n) is 10.1. The summed E-state index contributed by atoms with van der Waals surface area (Å²) in [5, 5.41) is 19.2. The zero-order valence-electron chi connectivity index (χ0n) is 18.1. The highest BCUT2D eigenvalue weighted by molar-refractivity contribution is 8.18. The number of furan rings is 1. The van der Waals surface area contributed by atoms with E-state index in [9.17, 15) is 29.3 Å². The fourth-order valence-corrected chi connectivity index (χ4v) is 4.24. The molecule has 0 bridgehead atoms. The largest absolute Gasteiger partial charge is 0.478 e. The number of Topliss-reactive ketones (excluding diaryl/α,β-unsaturated/α-hetero) is 1. The fourth-order valence-electron chi connectivity index (χ4n) is 3.42. The second-order valence-corrected chi connectivity index (χ2v) is 8.53. The quantitative estimate of drug-likeness (QED) is 0.213. The van der Waals surface area contributed by atoms with Crippen LogP contribution in [-0.2, 0) is 4.79 Å². The molecule has 0 radical (unpaired) electrons. The van der Waals surface area contributed by atoms with Crippen molar-refractivity contribution in [2.24, 2.45) is 0 Å². The Labute approximate surface area is 202 Å². The number of amides is 2. The van der Waals surface area contributed by atoms with E-state index >= 15 is 0 Å². The Morgan fingerprint density at radius 1 is 1.09 bits per heavy atom. The number of imide groups is 1. The number of aryl methyl sites for hydroxylation is 1. The number of rotatable bonds is 7. The minimum Gasteiger partial charge on any atom is -0.478 e. The molecule has 0 atom stereocenters. The first kappa shape index (κ1) is 23.6. The van der Waals surface area contributed by atoms with Gasteiger partial charge in [0.2, 0.25) is 0 Å². The maximum absolute atomic E-state index is 12.7. The van der Waals surface area contributed by atoms with Crippen LogP contribution in [0.4, 0.5) is 10.5 Å². The van der Waals surface area contributed by atoms with Crippen LogP contribution in [0.2, 0.25) is 0 Å². The molecule has 0 unspecified atom stereocenters. The Morgan fingerprint density at radius 3 is 2.40 bits per heavy atom. The van der Waals surface area contributed by atoms with Crippen LogP contribution in [-0.4, -0.2) is 44.4 Å². The lowest BCUT2D eigenvalue weighted by molar-refractivity contribution is -0.384. The van der Waals surface area contributed by atoms with Crippen molar-refractivity contribution in [3.05, 3.63) is 92.1 Å². The molecule has 2 aromatic carbocycles. The van der Waals surface area contributed by atoms with Crippen LogP contribution in [0, 0.1) is 17.0 Å². The number of ketones is 1. The molecule has 2 heterocycles.